The fraction of sp³-hybridized carbons (Fsp3) is 0.462. The third-order valence-corrected chi connectivity index (χ3v) is 6.27. The maximum absolute atomic E-state index is 13.5. The lowest BCUT2D eigenvalue weighted by Crippen LogP contribution is -2.70. The highest BCUT2D eigenvalue weighted by atomic mass is 19.4. The lowest BCUT2D eigenvalue weighted by atomic mass is 9.82. The monoisotopic (exact) mass is 524 g/mol. The zero-order valence-corrected chi connectivity index (χ0v) is 20.9. The minimum Gasteiger partial charge on any atom is -0.504 e. The van der Waals surface area contributed by atoms with E-state index in [0.717, 1.165) is 24.0 Å². The number of ether oxygens (including phenoxy) is 3. The number of phenolic OH excluding ortho intramolecular Hbond substituents is 1. The van der Waals surface area contributed by atoms with Crippen molar-refractivity contribution in [3.8, 4) is 11.5 Å². The number of aromatic hydroxyl groups is 1. The highest BCUT2D eigenvalue weighted by Crippen LogP contribution is 2.39. The van der Waals surface area contributed by atoms with E-state index >= 15 is 0 Å². The van der Waals surface area contributed by atoms with Gasteiger partial charge >= 0.3 is 12.1 Å². The number of phenols is 1. The number of nitrogens with zero attached hydrogens (tertiary/aromatic N) is 1. The fourth-order valence-electron chi connectivity index (χ4n) is 4.34. The number of unbranched alkanes of at least 4 members (excludes halogenated alkanes) is 1. The van der Waals surface area contributed by atoms with Crippen molar-refractivity contribution in [3.05, 3.63) is 59.2 Å². The van der Waals surface area contributed by atoms with Crippen LogP contribution in [0.15, 0.2) is 42.5 Å². The summed E-state index contributed by atoms with van der Waals surface area (Å²) in [7, 11) is 1.32. The molecule has 202 valence electrons. The summed E-state index contributed by atoms with van der Waals surface area (Å²) in [6, 6.07) is 11.4. The molecule has 0 aliphatic carbocycles. The van der Waals surface area contributed by atoms with Crippen LogP contribution in [0.2, 0.25) is 0 Å². The molecule has 0 bridgehead atoms. The summed E-state index contributed by atoms with van der Waals surface area (Å²) in [5, 5.41) is 10.1. The maximum Gasteiger partial charge on any atom is 0.491 e. The topological polar surface area (TPSA) is 111 Å². The van der Waals surface area contributed by atoms with E-state index in [4.69, 9.17) is 15.2 Å². The summed E-state index contributed by atoms with van der Waals surface area (Å²) in [5.74, 6) is -3.81. The molecular weight excluding hydrogens is 493 g/mol. The van der Waals surface area contributed by atoms with Gasteiger partial charge in [0.25, 0.3) is 5.91 Å². The van der Waals surface area contributed by atoms with Gasteiger partial charge in [0.2, 0.25) is 5.72 Å². The average Bonchev–Trinajstić information content (AvgIpc) is 2.80. The number of alkyl halides is 3. The second kappa shape index (κ2) is 11.0. The second-order valence-electron chi connectivity index (χ2n) is 9.13. The molecule has 8 nitrogen and oxygen atoms in total. The lowest BCUT2D eigenvalue weighted by molar-refractivity contribution is -0.221. The van der Waals surface area contributed by atoms with Gasteiger partial charge in [-0.05, 0) is 42.2 Å². The van der Waals surface area contributed by atoms with Gasteiger partial charge < -0.3 is 24.2 Å². The molecule has 0 aromatic heterocycles. The number of carbonyl (C=O) groups is 2. The Morgan fingerprint density at radius 2 is 1.84 bits per heavy atom. The van der Waals surface area contributed by atoms with Crippen molar-refractivity contribution in [1.82, 2.24) is 4.90 Å². The van der Waals surface area contributed by atoms with Crippen molar-refractivity contribution in [1.29, 1.82) is 0 Å². The molecule has 1 saturated heterocycles. The summed E-state index contributed by atoms with van der Waals surface area (Å²) < 4.78 is 55.0. The first kappa shape index (κ1) is 28.3. The number of likely N-dealkylation sites (tertiary alicyclic amines) is 1. The molecule has 3 N–H and O–H groups in total. The summed E-state index contributed by atoms with van der Waals surface area (Å²) >= 11 is 0. The molecule has 1 amide bonds. The minimum absolute atomic E-state index is 0.0107. The molecule has 1 aliphatic rings. The van der Waals surface area contributed by atoms with Crippen LogP contribution in [0.5, 0.6) is 11.5 Å². The number of rotatable bonds is 10. The van der Waals surface area contributed by atoms with Crippen LogP contribution in [0.3, 0.4) is 0 Å². The maximum atomic E-state index is 13.5. The minimum atomic E-state index is -5.37. The number of aryl methyl sites for hydroxylation is 1. The molecule has 1 aliphatic heterocycles. The van der Waals surface area contributed by atoms with Crippen molar-refractivity contribution in [2.45, 2.75) is 50.6 Å². The molecule has 1 atom stereocenters. The number of methoxy groups -OCH3 is 1. The van der Waals surface area contributed by atoms with E-state index in [1.165, 1.54) is 30.2 Å². The standard InChI is InChI=1S/C26H31F3N2O6/c1-4-5-12-36-24(19-9-7-6-8-17(19)2)15-31(16-24)22(33)25(30,37-23(34)26(27,28)29)14-18-10-11-21(35-3)20(32)13-18/h6-11,13,32H,4-5,12,14-16,30H2,1-3H3. The average molecular weight is 525 g/mol. The number of hydrogen-bond acceptors (Lipinski definition) is 7. The molecule has 11 heteroatoms. The van der Waals surface area contributed by atoms with Crippen molar-refractivity contribution < 1.29 is 42.1 Å². The summed E-state index contributed by atoms with van der Waals surface area (Å²) in [5.41, 5.74) is 4.48. The lowest BCUT2D eigenvalue weighted by Gasteiger charge is -2.52. The van der Waals surface area contributed by atoms with Gasteiger partial charge in [-0.25, -0.2) is 4.79 Å². The molecule has 0 spiro atoms. The molecule has 2 aromatic carbocycles. The Balaban J connectivity index is 1.90. The Kier molecular flexibility index (Phi) is 8.38. The van der Waals surface area contributed by atoms with Crippen LogP contribution in [0.1, 0.15) is 36.5 Å². The van der Waals surface area contributed by atoms with E-state index in [-0.39, 0.29) is 30.2 Å². The number of benzene rings is 2. The molecule has 3 rings (SSSR count). The summed E-state index contributed by atoms with van der Waals surface area (Å²) in [4.78, 5) is 26.4. The summed E-state index contributed by atoms with van der Waals surface area (Å²) in [6.45, 7) is 4.36. The number of esters is 1. The van der Waals surface area contributed by atoms with Crippen molar-refractivity contribution >= 4 is 11.9 Å². The third kappa shape index (κ3) is 6.16. The summed E-state index contributed by atoms with van der Waals surface area (Å²) in [6.07, 6.45) is -4.31. The van der Waals surface area contributed by atoms with Gasteiger partial charge in [-0.1, -0.05) is 43.7 Å². The number of nitrogens with two attached hydrogens (primary N) is 1. The van der Waals surface area contributed by atoms with E-state index in [9.17, 15) is 27.9 Å². The molecular formula is C26H31F3N2O6. The highest BCUT2D eigenvalue weighted by molar-refractivity contribution is 5.89. The predicted octanol–water partition coefficient (Wildman–Crippen LogP) is 3.57. The van der Waals surface area contributed by atoms with Crippen LogP contribution < -0.4 is 10.5 Å². The quantitative estimate of drug-likeness (QED) is 0.278. The Morgan fingerprint density at radius 1 is 1.16 bits per heavy atom. The van der Waals surface area contributed by atoms with Gasteiger partial charge in [0.15, 0.2) is 11.5 Å². The van der Waals surface area contributed by atoms with E-state index in [1.807, 2.05) is 38.1 Å². The van der Waals surface area contributed by atoms with Crippen LogP contribution in [-0.4, -0.2) is 60.6 Å². The Morgan fingerprint density at radius 3 is 2.41 bits per heavy atom. The normalized spacial score (nSPS) is 16.5. The SMILES string of the molecule is CCCCOC1(c2ccccc2C)CN(C(=O)C(N)(Cc2ccc(OC)c(O)c2)OC(=O)C(F)(F)F)C1. The van der Waals surface area contributed by atoms with E-state index in [2.05, 4.69) is 4.74 Å². The highest BCUT2D eigenvalue weighted by Gasteiger charge is 2.55. The first-order valence-electron chi connectivity index (χ1n) is 11.8. The van der Waals surface area contributed by atoms with Gasteiger partial charge in [-0.2, -0.15) is 13.2 Å². The number of amides is 1. The third-order valence-electron chi connectivity index (χ3n) is 6.27. The van der Waals surface area contributed by atoms with Gasteiger partial charge in [0.1, 0.15) is 5.60 Å². The number of hydrogen-bond donors (Lipinski definition) is 2. The van der Waals surface area contributed by atoms with Crippen LogP contribution in [0.25, 0.3) is 0 Å². The molecule has 1 heterocycles. The molecule has 1 unspecified atom stereocenters. The zero-order valence-electron chi connectivity index (χ0n) is 20.9. The number of halogens is 3. The molecule has 0 saturated carbocycles. The predicted molar refractivity (Wildman–Crippen MR) is 128 cm³/mol. The Hall–Kier alpha value is -3.31. The van der Waals surface area contributed by atoms with Crippen LogP contribution >= 0.6 is 0 Å². The first-order valence-corrected chi connectivity index (χ1v) is 11.8. The molecule has 2 aromatic rings. The zero-order chi connectivity index (χ0) is 27.4. The number of carbonyl (C=O) groups excluding carboxylic acids is 2. The van der Waals surface area contributed by atoms with Gasteiger partial charge in [-0.15, -0.1) is 0 Å². The Bertz CT molecular complexity index is 1130. The van der Waals surface area contributed by atoms with E-state index in [1.54, 1.807) is 0 Å². The van der Waals surface area contributed by atoms with Crippen LogP contribution in [0, 0.1) is 6.92 Å². The Labute approximate surface area is 213 Å². The molecule has 0 radical (unpaired) electrons. The smallest absolute Gasteiger partial charge is 0.491 e. The van der Waals surface area contributed by atoms with Crippen molar-refractivity contribution in [3.63, 3.8) is 0 Å². The van der Waals surface area contributed by atoms with Gasteiger partial charge in [-0.3, -0.25) is 10.5 Å². The van der Waals surface area contributed by atoms with Crippen molar-refractivity contribution in [2.75, 3.05) is 26.8 Å². The molecule has 1 fully saturated rings. The fourth-order valence-corrected chi connectivity index (χ4v) is 4.34. The van der Waals surface area contributed by atoms with Crippen LogP contribution in [0.4, 0.5) is 13.2 Å². The van der Waals surface area contributed by atoms with Crippen LogP contribution in [-0.2, 0) is 31.1 Å². The van der Waals surface area contributed by atoms with Gasteiger partial charge in [0, 0.05) is 13.0 Å². The van der Waals surface area contributed by atoms with E-state index in [0.29, 0.717) is 6.61 Å². The van der Waals surface area contributed by atoms with E-state index < -0.39 is 35.8 Å². The van der Waals surface area contributed by atoms with Gasteiger partial charge in [0.05, 0.1) is 20.2 Å². The van der Waals surface area contributed by atoms with Crippen molar-refractivity contribution in [2.24, 2.45) is 5.73 Å². The second-order valence-corrected chi connectivity index (χ2v) is 9.13. The molecule has 37 heavy (non-hydrogen) atoms. The first-order chi connectivity index (χ1) is 17.3. The largest absolute Gasteiger partial charge is 0.504 e.